The van der Waals surface area contributed by atoms with Crippen LogP contribution in [-0.2, 0) is 18.4 Å². The van der Waals surface area contributed by atoms with E-state index >= 15 is 0 Å². The Morgan fingerprint density at radius 1 is 0.540 bits per heavy atom. The average molecular weight is 912 g/mol. The van der Waals surface area contributed by atoms with E-state index in [1.165, 1.54) is 193 Å². The first-order valence-electron chi connectivity index (χ1n) is 27.2. The van der Waals surface area contributed by atoms with Crippen LogP contribution in [0.3, 0.4) is 0 Å². The van der Waals surface area contributed by atoms with E-state index in [1.807, 2.05) is 21.1 Å². The lowest BCUT2D eigenvalue weighted by Crippen LogP contribution is -2.46. The molecule has 3 N–H and O–H groups in total. The van der Waals surface area contributed by atoms with Crippen LogP contribution < -0.4 is 5.32 Å². The first-order chi connectivity index (χ1) is 30.5. The highest BCUT2D eigenvalue weighted by atomic mass is 31.2. The summed E-state index contributed by atoms with van der Waals surface area (Å²) in [7, 11) is 1.62. The number of nitrogens with one attached hydrogen (secondary N) is 1. The molecule has 0 bridgehead atoms. The molecule has 0 radical (unpaired) electrons. The van der Waals surface area contributed by atoms with Crippen molar-refractivity contribution in [1.29, 1.82) is 0 Å². The Hall–Kier alpha value is -1.02. The molecule has 3 unspecified atom stereocenters. The highest BCUT2D eigenvalue weighted by Crippen LogP contribution is 2.43. The molecule has 0 heterocycles. The van der Waals surface area contributed by atoms with E-state index in [0.29, 0.717) is 23.9 Å². The van der Waals surface area contributed by atoms with Gasteiger partial charge >= 0.3 is 7.82 Å². The fourth-order valence-electron chi connectivity index (χ4n) is 8.14. The number of carbonyl (C=O) groups excluding carboxylic acids is 1. The molecule has 0 spiro atoms. The standard InChI is InChI=1S/C54H107N2O6P/c1-6-8-10-12-14-16-18-20-21-22-23-24-25-26-27-28-29-30-31-32-33-34-35-36-38-40-42-44-46-48-54(58)55-52(51-62-63(59,60)61-50-49-56(3,4)5)53(57)47-45-43-41-39-37-19-17-15-13-11-9-7-2/h23-24,26-27,52-53,57H,6-22,25,28-51H2,1-5H3,(H-,55,58,59,60)/p+1/b24-23-,27-26-. The largest absolute Gasteiger partial charge is 0.472 e. The number of nitrogens with zero attached hydrogens (tertiary/aromatic N) is 1. The predicted molar refractivity (Wildman–Crippen MR) is 272 cm³/mol. The molecule has 9 heteroatoms. The Morgan fingerprint density at radius 3 is 1.30 bits per heavy atom. The fraction of sp³-hybridized carbons (Fsp3) is 0.907. The van der Waals surface area contributed by atoms with Crippen molar-refractivity contribution in [2.45, 2.75) is 276 Å². The smallest absolute Gasteiger partial charge is 0.391 e. The first-order valence-corrected chi connectivity index (χ1v) is 28.7. The van der Waals surface area contributed by atoms with Gasteiger partial charge in [0.2, 0.25) is 5.91 Å². The number of likely N-dealkylation sites (N-methyl/N-ethyl adjacent to an activating group) is 1. The number of amides is 1. The second-order valence-corrected chi connectivity index (χ2v) is 21.4. The quantitative estimate of drug-likeness (QED) is 0.0243. The number of unbranched alkanes of at least 4 members (excludes halogenated alkanes) is 33. The molecule has 1 amide bonds. The minimum Gasteiger partial charge on any atom is -0.391 e. The molecule has 0 aromatic heterocycles. The zero-order valence-electron chi connectivity index (χ0n) is 42.6. The molecule has 0 saturated heterocycles. The lowest BCUT2D eigenvalue weighted by molar-refractivity contribution is -0.870. The second kappa shape index (κ2) is 46.1. The van der Waals surface area contributed by atoms with Crippen LogP contribution >= 0.6 is 7.82 Å². The minimum absolute atomic E-state index is 0.0758. The number of hydrogen-bond donors (Lipinski definition) is 3. The molecule has 0 fully saturated rings. The minimum atomic E-state index is -4.31. The van der Waals surface area contributed by atoms with Crippen molar-refractivity contribution in [3.05, 3.63) is 24.3 Å². The van der Waals surface area contributed by atoms with Gasteiger partial charge in [0, 0.05) is 6.42 Å². The number of aliphatic hydroxyl groups excluding tert-OH is 1. The molecule has 0 aromatic rings. The van der Waals surface area contributed by atoms with Crippen LogP contribution in [0.5, 0.6) is 0 Å². The summed E-state index contributed by atoms with van der Waals surface area (Å²) >= 11 is 0. The Morgan fingerprint density at radius 2 is 0.905 bits per heavy atom. The maximum atomic E-state index is 12.9. The maximum absolute atomic E-state index is 12.9. The van der Waals surface area contributed by atoms with E-state index in [-0.39, 0.29) is 19.1 Å². The molecule has 0 aliphatic heterocycles. The third-order valence-electron chi connectivity index (χ3n) is 12.5. The summed E-state index contributed by atoms with van der Waals surface area (Å²) in [5.41, 5.74) is 0. The van der Waals surface area contributed by atoms with Gasteiger partial charge in [-0.05, 0) is 44.9 Å². The van der Waals surface area contributed by atoms with Gasteiger partial charge in [-0.2, -0.15) is 0 Å². The second-order valence-electron chi connectivity index (χ2n) is 20.0. The average Bonchev–Trinajstić information content (AvgIpc) is 3.24. The van der Waals surface area contributed by atoms with Gasteiger partial charge in [-0.1, -0.05) is 237 Å². The van der Waals surface area contributed by atoms with E-state index in [2.05, 4.69) is 43.5 Å². The molecule has 3 atom stereocenters. The Labute approximate surface area is 392 Å². The number of carbonyl (C=O) groups is 1. The molecule has 0 rings (SSSR count). The number of phosphoric ester groups is 1. The number of phosphoric acid groups is 1. The molecular weight excluding hydrogens is 804 g/mol. The van der Waals surface area contributed by atoms with E-state index in [1.54, 1.807) is 0 Å². The van der Waals surface area contributed by atoms with Crippen molar-refractivity contribution in [1.82, 2.24) is 5.32 Å². The lowest BCUT2D eigenvalue weighted by atomic mass is 10.0. The topological polar surface area (TPSA) is 105 Å². The van der Waals surface area contributed by atoms with Gasteiger partial charge in [0.1, 0.15) is 13.2 Å². The number of aliphatic hydroxyl groups is 1. The number of quaternary nitrogens is 1. The van der Waals surface area contributed by atoms with E-state index in [0.717, 1.165) is 44.9 Å². The summed E-state index contributed by atoms with van der Waals surface area (Å²) < 4.78 is 23.7. The highest BCUT2D eigenvalue weighted by Gasteiger charge is 2.28. The van der Waals surface area contributed by atoms with Crippen LogP contribution in [0.25, 0.3) is 0 Å². The Bertz CT molecular complexity index is 1080. The van der Waals surface area contributed by atoms with Crippen molar-refractivity contribution in [3.8, 4) is 0 Å². The predicted octanol–water partition coefficient (Wildman–Crippen LogP) is 16.0. The molecule has 374 valence electrons. The normalized spacial score (nSPS) is 14.2. The SMILES string of the molecule is CCCCCCCCCCC/C=C\C/C=C\CCCCCCCCCCCCCCCC(=O)NC(COP(=O)(O)OCC[N+](C)(C)C)C(O)CCCCCCCCCCCCCC. The van der Waals surface area contributed by atoms with Gasteiger partial charge in [0.25, 0.3) is 0 Å². The summed E-state index contributed by atoms with van der Waals surface area (Å²) in [5, 5.41) is 14.0. The molecule has 0 aliphatic rings. The van der Waals surface area contributed by atoms with Gasteiger partial charge in [-0.25, -0.2) is 4.57 Å². The zero-order valence-corrected chi connectivity index (χ0v) is 43.5. The lowest BCUT2D eigenvalue weighted by Gasteiger charge is -2.26. The van der Waals surface area contributed by atoms with Crippen molar-refractivity contribution >= 4 is 13.7 Å². The van der Waals surface area contributed by atoms with E-state index in [4.69, 9.17) is 9.05 Å². The highest BCUT2D eigenvalue weighted by molar-refractivity contribution is 7.47. The van der Waals surface area contributed by atoms with Crippen molar-refractivity contribution in [3.63, 3.8) is 0 Å². The summed E-state index contributed by atoms with van der Waals surface area (Å²) in [6.07, 6.45) is 56.6. The Kier molecular flexibility index (Phi) is 45.4. The number of allylic oxidation sites excluding steroid dienone is 4. The van der Waals surface area contributed by atoms with Gasteiger partial charge in [-0.3, -0.25) is 13.8 Å². The molecular formula is C54H108N2O6P+. The van der Waals surface area contributed by atoms with Gasteiger partial charge in [-0.15, -0.1) is 0 Å². The van der Waals surface area contributed by atoms with Gasteiger partial charge in [0.15, 0.2) is 0 Å². The summed E-state index contributed by atoms with van der Waals surface area (Å²) in [5.74, 6) is -0.144. The third kappa shape index (κ3) is 48.7. The fourth-order valence-corrected chi connectivity index (χ4v) is 8.87. The summed E-state index contributed by atoms with van der Waals surface area (Å²) in [4.78, 5) is 23.2. The maximum Gasteiger partial charge on any atom is 0.472 e. The van der Waals surface area contributed by atoms with Crippen LogP contribution in [0.1, 0.15) is 264 Å². The molecule has 0 aromatic carbocycles. The monoisotopic (exact) mass is 912 g/mol. The molecule has 0 aliphatic carbocycles. The van der Waals surface area contributed by atoms with Crippen LogP contribution in [-0.4, -0.2) is 73.4 Å². The number of rotatable bonds is 50. The molecule has 0 saturated carbocycles. The number of hydrogen-bond acceptors (Lipinski definition) is 5. The van der Waals surface area contributed by atoms with Crippen molar-refractivity contribution < 1.29 is 32.9 Å². The van der Waals surface area contributed by atoms with Crippen LogP contribution in [0, 0.1) is 0 Å². The van der Waals surface area contributed by atoms with Gasteiger partial charge in [0.05, 0.1) is 39.9 Å². The zero-order chi connectivity index (χ0) is 46.4. The summed E-state index contributed by atoms with van der Waals surface area (Å²) in [6.45, 7) is 4.90. The first kappa shape index (κ1) is 62.0. The van der Waals surface area contributed by atoms with E-state index in [9.17, 15) is 19.4 Å². The van der Waals surface area contributed by atoms with Crippen LogP contribution in [0.15, 0.2) is 24.3 Å². The van der Waals surface area contributed by atoms with E-state index < -0.39 is 20.0 Å². The van der Waals surface area contributed by atoms with Crippen molar-refractivity contribution in [2.75, 3.05) is 40.9 Å². The third-order valence-corrected chi connectivity index (χ3v) is 13.4. The summed E-state index contributed by atoms with van der Waals surface area (Å²) in [6, 6.07) is -0.758. The molecule has 63 heavy (non-hydrogen) atoms. The Balaban J connectivity index is 4.06. The van der Waals surface area contributed by atoms with Gasteiger partial charge < -0.3 is 19.8 Å². The van der Waals surface area contributed by atoms with Crippen LogP contribution in [0.2, 0.25) is 0 Å². The van der Waals surface area contributed by atoms with Crippen molar-refractivity contribution in [2.24, 2.45) is 0 Å². The van der Waals surface area contributed by atoms with Crippen LogP contribution in [0.4, 0.5) is 0 Å². The molecule has 8 nitrogen and oxygen atoms in total.